The minimum Gasteiger partial charge on any atom is -0.486 e. The second kappa shape index (κ2) is 8.48. The summed E-state index contributed by atoms with van der Waals surface area (Å²) in [5.74, 6) is 2.49. The molecule has 6 nitrogen and oxygen atoms in total. The molecule has 3 aliphatic heterocycles. The Morgan fingerprint density at radius 1 is 1.11 bits per heavy atom. The van der Waals surface area contributed by atoms with Crippen LogP contribution in [0.2, 0.25) is 0 Å². The fraction of sp³-hybridized carbons (Fsp3) is 0.667. The van der Waals surface area contributed by atoms with Gasteiger partial charge in [0.05, 0.1) is 12.6 Å². The molecule has 0 aliphatic carbocycles. The predicted molar refractivity (Wildman–Crippen MR) is 102 cm³/mol. The Bertz CT molecular complexity index is 658. The number of carbonyl (C=O) groups excluding carboxylic acids is 1. The van der Waals surface area contributed by atoms with E-state index in [9.17, 15) is 4.79 Å². The van der Waals surface area contributed by atoms with Crippen molar-refractivity contribution in [3.63, 3.8) is 0 Å². The predicted octanol–water partition coefficient (Wildman–Crippen LogP) is 2.48. The van der Waals surface area contributed by atoms with Gasteiger partial charge in [-0.1, -0.05) is 6.07 Å². The van der Waals surface area contributed by atoms with Crippen molar-refractivity contribution < 1.29 is 19.0 Å². The lowest BCUT2D eigenvalue weighted by Gasteiger charge is -2.33. The largest absolute Gasteiger partial charge is 0.486 e. The van der Waals surface area contributed by atoms with E-state index in [2.05, 4.69) is 21.9 Å². The van der Waals surface area contributed by atoms with Crippen molar-refractivity contribution in [2.75, 3.05) is 53.1 Å². The number of methoxy groups -OCH3 is 1. The highest BCUT2D eigenvalue weighted by Crippen LogP contribution is 2.38. The Hall–Kier alpha value is -1.79. The number of nitrogens with zero attached hydrogens (tertiary/aromatic N) is 2. The van der Waals surface area contributed by atoms with Crippen LogP contribution < -0.4 is 9.47 Å². The molecule has 27 heavy (non-hydrogen) atoms. The van der Waals surface area contributed by atoms with E-state index < -0.39 is 0 Å². The Balaban J connectivity index is 1.37. The number of hydrogen-bond acceptors (Lipinski definition) is 5. The van der Waals surface area contributed by atoms with Gasteiger partial charge >= 0.3 is 0 Å². The number of piperidine rings is 1. The molecule has 1 amide bonds. The number of hydrogen-bond donors (Lipinski definition) is 0. The first-order valence-electron chi connectivity index (χ1n) is 10.1. The van der Waals surface area contributed by atoms with Crippen LogP contribution in [0.15, 0.2) is 18.2 Å². The maximum Gasteiger partial charge on any atom is 0.237 e. The second-order valence-corrected chi connectivity index (χ2v) is 7.82. The van der Waals surface area contributed by atoms with Crippen LogP contribution in [0.25, 0.3) is 0 Å². The maximum atomic E-state index is 13.0. The number of amides is 1. The van der Waals surface area contributed by atoms with Gasteiger partial charge in [0, 0.05) is 20.3 Å². The summed E-state index contributed by atoms with van der Waals surface area (Å²) in [6.07, 6.45) is 4.31. The lowest BCUT2D eigenvalue weighted by atomic mass is 9.98. The minimum atomic E-state index is 0.152. The Morgan fingerprint density at radius 2 is 1.89 bits per heavy atom. The Kier molecular flexibility index (Phi) is 5.83. The summed E-state index contributed by atoms with van der Waals surface area (Å²) in [4.78, 5) is 17.4. The average molecular weight is 374 g/mol. The van der Waals surface area contributed by atoms with Gasteiger partial charge < -0.3 is 19.1 Å². The van der Waals surface area contributed by atoms with Gasteiger partial charge in [-0.05, 0) is 62.4 Å². The summed E-state index contributed by atoms with van der Waals surface area (Å²) in [5.41, 5.74) is 1.16. The van der Waals surface area contributed by atoms with E-state index in [1.165, 1.54) is 0 Å². The molecule has 0 aromatic heterocycles. The average Bonchev–Trinajstić information content (AvgIpc) is 3.19. The summed E-state index contributed by atoms with van der Waals surface area (Å²) in [6.45, 7) is 5.37. The summed E-state index contributed by atoms with van der Waals surface area (Å²) < 4.78 is 16.6. The van der Waals surface area contributed by atoms with Crippen molar-refractivity contribution >= 4 is 5.91 Å². The molecule has 1 unspecified atom stereocenters. The summed E-state index contributed by atoms with van der Waals surface area (Å²) in [5, 5.41) is 0. The van der Waals surface area contributed by atoms with Crippen molar-refractivity contribution in [2.45, 2.75) is 31.7 Å². The lowest BCUT2D eigenvalue weighted by Crippen LogP contribution is -2.43. The minimum absolute atomic E-state index is 0.152. The van der Waals surface area contributed by atoms with Crippen LogP contribution in [-0.2, 0) is 9.53 Å². The molecule has 3 heterocycles. The van der Waals surface area contributed by atoms with Gasteiger partial charge in [-0.25, -0.2) is 0 Å². The monoisotopic (exact) mass is 374 g/mol. The van der Waals surface area contributed by atoms with Gasteiger partial charge in [-0.3, -0.25) is 9.69 Å². The first kappa shape index (κ1) is 18.6. The van der Waals surface area contributed by atoms with Gasteiger partial charge in [0.15, 0.2) is 11.5 Å². The van der Waals surface area contributed by atoms with Gasteiger partial charge in [0.2, 0.25) is 5.91 Å². The number of carbonyl (C=O) groups is 1. The van der Waals surface area contributed by atoms with E-state index in [0.717, 1.165) is 69.0 Å². The van der Waals surface area contributed by atoms with Crippen molar-refractivity contribution in [1.82, 2.24) is 9.80 Å². The van der Waals surface area contributed by atoms with Crippen LogP contribution >= 0.6 is 0 Å². The van der Waals surface area contributed by atoms with Crippen molar-refractivity contribution in [1.29, 1.82) is 0 Å². The SMILES string of the molecule is COCC1CCN(CC(=O)N2CCCC2c2ccc3c(c2)OCCO3)CC1. The molecule has 1 aromatic rings. The molecule has 0 saturated carbocycles. The third-order valence-electron chi connectivity index (χ3n) is 5.99. The topological polar surface area (TPSA) is 51.2 Å². The zero-order valence-electron chi connectivity index (χ0n) is 16.2. The standard InChI is InChI=1S/C21H30N2O4/c1-25-15-16-6-9-22(10-7-16)14-21(24)23-8-2-3-18(23)17-4-5-19-20(13-17)27-12-11-26-19/h4-5,13,16,18H,2-3,6-12,14-15H2,1H3. The molecule has 6 heteroatoms. The third-order valence-corrected chi connectivity index (χ3v) is 5.99. The molecule has 0 bridgehead atoms. The smallest absolute Gasteiger partial charge is 0.237 e. The molecule has 2 fully saturated rings. The van der Waals surface area contributed by atoms with Crippen LogP contribution in [0.4, 0.5) is 0 Å². The van der Waals surface area contributed by atoms with E-state index in [1.54, 1.807) is 7.11 Å². The van der Waals surface area contributed by atoms with Crippen LogP contribution in [0, 0.1) is 5.92 Å². The first-order valence-corrected chi connectivity index (χ1v) is 10.1. The Labute approximate surface area is 161 Å². The summed E-state index contributed by atoms with van der Waals surface area (Å²) in [7, 11) is 1.77. The fourth-order valence-electron chi connectivity index (χ4n) is 4.51. The summed E-state index contributed by atoms with van der Waals surface area (Å²) in [6, 6.07) is 6.27. The number of fused-ring (bicyclic) bond motifs is 1. The molecule has 148 valence electrons. The van der Waals surface area contributed by atoms with Gasteiger partial charge in [-0.2, -0.15) is 0 Å². The van der Waals surface area contributed by atoms with Crippen molar-refractivity contribution in [3.05, 3.63) is 23.8 Å². The molecule has 1 atom stereocenters. The Morgan fingerprint density at radius 3 is 2.67 bits per heavy atom. The highest BCUT2D eigenvalue weighted by molar-refractivity contribution is 5.79. The third kappa shape index (κ3) is 4.22. The maximum absolute atomic E-state index is 13.0. The van der Waals surface area contributed by atoms with E-state index in [0.29, 0.717) is 25.7 Å². The van der Waals surface area contributed by atoms with E-state index in [1.807, 2.05) is 6.07 Å². The van der Waals surface area contributed by atoms with Gasteiger partial charge in [0.25, 0.3) is 0 Å². The number of likely N-dealkylation sites (tertiary alicyclic amines) is 2. The lowest BCUT2D eigenvalue weighted by molar-refractivity contribution is -0.133. The normalized spacial score (nSPS) is 23.6. The van der Waals surface area contributed by atoms with Crippen LogP contribution in [-0.4, -0.2) is 68.8 Å². The molecule has 0 N–H and O–H groups in total. The molecule has 0 spiro atoms. The van der Waals surface area contributed by atoms with Crippen molar-refractivity contribution in [3.8, 4) is 11.5 Å². The second-order valence-electron chi connectivity index (χ2n) is 7.82. The molecule has 4 rings (SSSR count). The molecule has 2 saturated heterocycles. The van der Waals surface area contributed by atoms with E-state index >= 15 is 0 Å². The van der Waals surface area contributed by atoms with E-state index in [4.69, 9.17) is 14.2 Å². The van der Waals surface area contributed by atoms with Gasteiger partial charge in [0.1, 0.15) is 13.2 Å². The number of benzene rings is 1. The highest BCUT2D eigenvalue weighted by Gasteiger charge is 2.32. The summed E-state index contributed by atoms with van der Waals surface area (Å²) >= 11 is 0. The number of ether oxygens (including phenoxy) is 3. The molecule has 3 aliphatic rings. The van der Waals surface area contributed by atoms with Gasteiger partial charge in [-0.15, -0.1) is 0 Å². The molecule has 1 aromatic carbocycles. The first-order chi connectivity index (χ1) is 13.2. The fourth-order valence-corrected chi connectivity index (χ4v) is 4.51. The molecule has 0 radical (unpaired) electrons. The van der Waals surface area contributed by atoms with Crippen molar-refractivity contribution in [2.24, 2.45) is 5.92 Å². The van der Waals surface area contributed by atoms with Crippen LogP contribution in [0.5, 0.6) is 11.5 Å². The van der Waals surface area contributed by atoms with Crippen LogP contribution in [0.1, 0.15) is 37.3 Å². The zero-order chi connectivity index (χ0) is 18.6. The quantitative estimate of drug-likeness (QED) is 0.793. The zero-order valence-corrected chi connectivity index (χ0v) is 16.2. The molecular formula is C21H30N2O4. The van der Waals surface area contributed by atoms with E-state index in [-0.39, 0.29) is 11.9 Å². The number of rotatable bonds is 5. The highest BCUT2D eigenvalue weighted by atomic mass is 16.6. The van der Waals surface area contributed by atoms with Crippen LogP contribution in [0.3, 0.4) is 0 Å². The molecular weight excluding hydrogens is 344 g/mol.